The molecule has 0 aromatic heterocycles. The number of benzene rings is 1. The van der Waals surface area contributed by atoms with Crippen molar-refractivity contribution in [3.05, 3.63) is 23.8 Å². The summed E-state index contributed by atoms with van der Waals surface area (Å²) < 4.78 is 11.0. The van der Waals surface area contributed by atoms with Crippen LogP contribution in [0.5, 0.6) is 11.5 Å². The molecule has 0 saturated carbocycles. The number of hydrogen-bond acceptors (Lipinski definition) is 4. The lowest BCUT2D eigenvalue weighted by atomic mass is 10.1. The summed E-state index contributed by atoms with van der Waals surface area (Å²) in [5.74, 6) is 1.69. The molecule has 0 radical (unpaired) electrons. The number of rotatable bonds is 2. The molecule has 2 heterocycles. The molecule has 1 N–H and O–H groups in total. The van der Waals surface area contributed by atoms with Crippen LogP contribution in [0.1, 0.15) is 5.56 Å². The zero-order chi connectivity index (χ0) is 13.1. The first-order valence-corrected chi connectivity index (χ1v) is 6.70. The number of fused-ring (bicyclic) bond motifs is 1. The molecule has 1 amide bonds. The summed E-state index contributed by atoms with van der Waals surface area (Å²) in [5.41, 5.74) is 0.979. The van der Waals surface area contributed by atoms with E-state index >= 15 is 0 Å². The van der Waals surface area contributed by atoms with Crippen molar-refractivity contribution >= 4 is 5.91 Å². The molecule has 2 aliphatic heterocycles. The van der Waals surface area contributed by atoms with Gasteiger partial charge in [0.05, 0.1) is 6.42 Å². The third-order valence-electron chi connectivity index (χ3n) is 3.43. The number of piperazine rings is 1. The van der Waals surface area contributed by atoms with E-state index in [0.29, 0.717) is 19.6 Å². The van der Waals surface area contributed by atoms with E-state index in [9.17, 15) is 4.79 Å². The van der Waals surface area contributed by atoms with Gasteiger partial charge in [0.25, 0.3) is 0 Å². The molecule has 0 unspecified atom stereocenters. The maximum Gasteiger partial charge on any atom is 0.227 e. The third-order valence-corrected chi connectivity index (χ3v) is 3.43. The first-order chi connectivity index (χ1) is 9.33. The van der Waals surface area contributed by atoms with Crippen molar-refractivity contribution in [2.45, 2.75) is 6.42 Å². The first-order valence-electron chi connectivity index (χ1n) is 6.70. The zero-order valence-corrected chi connectivity index (χ0v) is 10.9. The molecule has 2 aliphatic rings. The highest BCUT2D eigenvalue weighted by atomic mass is 16.6. The van der Waals surface area contributed by atoms with Gasteiger partial charge in [-0.2, -0.15) is 0 Å². The molecular formula is C14H18N2O3. The van der Waals surface area contributed by atoms with Crippen LogP contribution < -0.4 is 14.8 Å². The van der Waals surface area contributed by atoms with Gasteiger partial charge in [0.2, 0.25) is 5.91 Å². The normalized spacial score (nSPS) is 18.2. The lowest BCUT2D eigenvalue weighted by Gasteiger charge is -2.27. The lowest BCUT2D eigenvalue weighted by molar-refractivity contribution is -0.131. The monoisotopic (exact) mass is 262 g/mol. The molecule has 19 heavy (non-hydrogen) atoms. The molecule has 0 aliphatic carbocycles. The van der Waals surface area contributed by atoms with Gasteiger partial charge in [0.15, 0.2) is 11.5 Å². The third kappa shape index (κ3) is 2.81. The second-order valence-electron chi connectivity index (χ2n) is 4.79. The SMILES string of the molecule is O=C(Cc1ccc2c(c1)OCCO2)N1CCNCC1. The molecule has 1 aromatic rings. The van der Waals surface area contributed by atoms with Gasteiger partial charge in [0.1, 0.15) is 13.2 Å². The Morgan fingerprint density at radius 3 is 2.68 bits per heavy atom. The molecule has 5 heteroatoms. The van der Waals surface area contributed by atoms with Gasteiger partial charge in [-0.3, -0.25) is 4.79 Å². The van der Waals surface area contributed by atoms with Gasteiger partial charge in [-0.05, 0) is 17.7 Å². The Morgan fingerprint density at radius 1 is 1.16 bits per heavy atom. The Hall–Kier alpha value is -1.75. The highest BCUT2D eigenvalue weighted by Crippen LogP contribution is 2.30. The first kappa shape index (κ1) is 12.3. The van der Waals surface area contributed by atoms with Crippen molar-refractivity contribution in [3.8, 4) is 11.5 Å². The van der Waals surface area contributed by atoms with E-state index in [4.69, 9.17) is 9.47 Å². The van der Waals surface area contributed by atoms with Crippen molar-refractivity contribution < 1.29 is 14.3 Å². The summed E-state index contributed by atoms with van der Waals surface area (Å²) >= 11 is 0. The van der Waals surface area contributed by atoms with Crippen LogP contribution in [-0.4, -0.2) is 50.2 Å². The van der Waals surface area contributed by atoms with Crippen LogP contribution >= 0.6 is 0 Å². The van der Waals surface area contributed by atoms with Gasteiger partial charge >= 0.3 is 0 Å². The summed E-state index contributed by atoms with van der Waals surface area (Å²) in [6, 6.07) is 5.73. The van der Waals surface area contributed by atoms with Crippen LogP contribution in [0.2, 0.25) is 0 Å². The summed E-state index contributed by atoms with van der Waals surface area (Å²) in [4.78, 5) is 14.1. The smallest absolute Gasteiger partial charge is 0.227 e. The maximum absolute atomic E-state index is 12.2. The van der Waals surface area contributed by atoms with E-state index < -0.39 is 0 Å². The van der Waals surface area contributed by atoms with Crippen LogP contribution in [0.25, 0.3) is 0 Å². The van der Waals surface area contributed by atoms with Crippen molar-refractivity contribution in [2.75, 3.05) is 39.4 Å². The fourth-order valence-electron chi connectivity index (χ4n) is 2.40. The van der Waals surface area contributed by atoms with E-state index in [1.807, 2.05) is 23.1 Å². The molecule has 0 spiro atoms. The van der Waals surface area contributed by atoms with E-state index in [1.54, 1.807) is 0 Å². The van der Waals surface area contributed by atoms with Crippen LogP contribution in [0.4, 0.5) is 0 Å². The highest BCUT2D eigenvalue weighted by molar-refractivity contribution is 5.79. The topological polar surface area (TPSA) is 50.8 Å². The Balaban J connectivity index is 1.67. The van der Waals surface area contributed by atoms with E-state index in [1.165, 1.54) is 0 Å². The van der Waals surface area contributed by atoms with Crippen LogP contribution in [0.15, 0.2) is 18.2 Å². The Bertz CT molecular complexity index is 470. The van der Waals surface area contributed by atoms with Gasteiger partial charge < -0.3 is 19.7 Å². The van der Waals surface area contributed by atoms with Crippen LogP contribution in [0.3, 0.4) is 0 Å². The molecule has 3 rings (SSSR count). The highest BCUT2D eigenvalue weighted by Gasteiger charge is 2.18. The molecule has 102 valence electrons. The minimum absolute atomic E-state index is 0.179. The number of nitrogens with one attached hydrogen (secondary N) is 1. The van der Waals surface area contributed by atoms with E-state index in [-0.39, 0.29) is 5.91 Å². The second kappa shape index (κ2) is 5.48. The number of amides is 1. The molecule has 0 bridgehead atoms. The zero-order valence-electron chi connectivity index (χ0n) is 10.9. The average Bonchev–Trinajstić information content (AvgIpc) is 2.48. The molecule has 5 nitrogen and oxygen atoms in total. The summed E-state index contributed by atoms with van der Waals surface area (Å²) in [5, 5.41) is 3.24. The fraction of sp³-hybridized carbons (Fsp3) is 0.500. The number of hydrogen-bond donors (Lipinski definition) is 1. The molecule has 1 fully saturated rings. The molecule has 0 atom stereocenters. The van der Waals surface area contributed by atoms with Gasteiger partial charge in [0, 0.05) is 26.2 Å². The standard InChI is InChI=1S/C14H18N2O3/c17-14(16-5-3-15-4-6-16)10-11-1-2-12-13(9-11)19-8-7-18-12/h1-2,9,15H,3-8,10H2. The Kier molecular flexibility index (Phi) is 3.55. The minimum atomic E-state index is 0.179. The van der Waals surface area contributed by atoms with Crippen molar-refractivity contribution in [2.24, 2.45) is 0 Å². The molecule has 1 saturated heterocycles. The maximum atomic E-state index is 12.2. The molecular weight excluding hydrogens is 244 g/mol. The van der Waals surface area contributed by atoms with E-state index in [0.717, 1.165) is 43.2 Å². The number of ether oxygens (including phenoxy) is 2. The van der Waals surface area contributed by atoms with Gasteiger partial charge in [-0.25, -0.2) is 0 Å². The number of carbonyl (C=O) groups excluding carboxylic acids is 1. The minimum Gasteiger partial charge on any atom is -0.486 e. The second-order valence-corrected chi connectivity index (χ2v) is 4.79. The fourth-order valence-corrected chi connectivity index (χ4v) is 2.40. The van der Waals surface area contributed by atoms with Crippen LogP contribution in [0, 0.1) is 0 Å². The van der Waals surface area contributed by atoms with Gasteiger partial charge in [-0.1, -0.05) is 6.07 Å². The lowest BCUT2D eigenvalue weighted by Crippen LogP contribution is -2.46. The summed E-state index contributed by atoms with van der Waals surface area (Å²) in [7, 11) is 0. The Morgan fingerprint density at radius 2 is 1.89 bits per heavy atom. The van der Waals surface area contributed by atoms with Crippen molar-refractivity contribution in [3.63, 3.8) is 0 Å². The largest absolute Gasteiger partial charge is 0.486 e. The van der Waals surface area contributed by atoms with Crippen LogP contribution in [-0.2, 0) is 11.2 Å². The predicted octanol–water partition coefficient (Wildman–Crippen LogP) is 0.432. The quantitative estimate of drug-likeness (QED) is 0.840. The van der Waals surface area contributed by atoms with Crippen molar-refractivity contribution in [1.82, 2.24) is 10.2 Å². The predicted molar refractivity (Wildman–Crippen MR) is 70.6 cm³/mol. The van der Waals surface area contributed by atoms with Crippen molar-refractivity contribution in [1.29, 1.82) is 0 Å². The summed E-state index contributed by atoms with van der Waals surface area (Å²) in [6.45, 7) is 4.51. The van der Waals surface area contributed by atoms with Gasteiger partial charge in [-0.15, -0.1) is 0 Å². The molecule has 1 aromatic carbocycles. The Labute approximate surface area is 112 Å². The average molecular weight is 262 g/mol. The van der Waals surface area contributed by atoms with E-state index in [2.05, 4.69) is 5.32 Å². The number of carbonyl (C=O) groups is 1. The summed E-state index contributed by atoms with van der Waals surface area (Å²) in [6.07, 6.45) is 0.427. The number of nitrogens with zero attached hydrogens (tertiary/aromatic N) is 1.